The number of piperidine rings is 2. The lowest BCUT2D eigenvalue weighted by Gasteiger charge is -2.38. The van der Waals surface area contributed by atoms with Crippen molar-refractivity contribution in [1.82, 2.24) is 9.80 Å². The fourth-order valence-electron chi connectivity index (χ4n) is 4.18. The summed E-state index contributed by atoms with van der Waals surface area (Å²) in [5, 5.41) is 8.28. The van der Waals surface area contributed by atoms with E-state index in [1.807, 2.05) is 0 Å². The van der Waals surface area contributed by atoms with Gasteiger partial charge in [-0.2, -0.15) is 10.2 Å². The maximum absolute atomic E-state index is 12.6. The smallest absolute Gasteiger partial charge is 0.222 e. The van der Waals surface area contributed by atoms with E-state index in [1.54, 1.807) is 0 Å². The molecule has 0 saturated carbocycles. The van der Waals surface area contributed by atoms with E-state index >= 15 is 0 Å². The molecule has 3 aliphatic rings. The van der Waals surface area contributed by atoms with Crippen molar-refractivity contribution in [2.24, 2.45) is 22.1 Å². The molecule has 2 fully saturated rings. The summed E-state index contributed by atoms with van der Waals surface area (Å²) in [5.74, 6) is 4.43. The number of terminal acetylenes is 1. The Morgan fingerprint density at radius 2 is 1.96 bits per heavy atom. The normalized spacial score (nSPS) is 26.4. The largest absolute Gasteiger partial charge is 0.342 e. The van der Waals surface area contributed by atoms with Gasteiger partial charge in [0.2, 0.25) is 5.91 Å². The number of likely N-dealkylation sites (tertiary alicyclic amines) is 2. The van der Waals surface area contributed by atoms with Crippen molar-refractivity contribution in [1.29, 1.82) is 0 Å². The third-order valence-corrected chi connectivity index (χ3v) is 6.06. The van der Waals surface area contributed by atoms with Crippen molar-refractivity contribution in [3.8, 4) is 12.3 Å². The third-order valence-electron chi connectivity index (χ3n) is 6.06. The van der Waals surface area contributed by atoms with Gasteiger partial charge in [-0.05, 0) is 50.6 Å². The maximum atomic E-state index is 12.6. The molecule has 0 N–H and O–H groups in total. The molecule has 0 aromatic rings. The highest BCUT2D eigenvalue weighted by atomic mass is 16.2. The molecule has 0 aromatic carbocycles. The second-order valence-corrected chi connectivity index (χ2v) is 8.22. The van der Waals surface area contributed by atoms with Crippen LogP contribution >= 0.6 is 0 Å². The number of hydrogen-bond donors (Lipinski definition) is 0. The number of carbonyl (C=O) groups excluding carboxylic acids is 1. The SMILES string of the molecule is C#CCCC1(CCC(=O)N2CCCC(CN3CCC(C)CC3)C2)N=N1. The Kier molecular flexibility index (Phi) is 6.11. The third kappa shape index (κ3) is 5.28. The lowest BCUT2D eigenvalue weighted by Crippen LogP contribution is -2.45. The fourth-order valence-corrected chi connectivity index (χ4v) is 4.18. The van der Waals surface area contributed by atoms with Crippen molar-refractivity contribution in [3.63, 3.8) is 0 Å². The summed E-state index contributed by atoms with van der Waals surface area (Å²) in [4.78, 5) is 17.3. The zero-order valence-electron chi connectivity index (χ0n) is 15.6. The van der Waals surface area contributed by atoms with E-state index in [-0.39, 0.29) is 11.6 Å². The summed E-state index contributed by atoms with van der Waals surface area (Å²) in [6.07, 6.45) is 13.1. The van der Waals surface area contributed by atoms with Crippen LogP contribution in [0.5, 0.6) is 0 Å². The van der Waals surface area contributed by atoms with E-state index in [4.69, 9.17) is 6.42 Å². The molecule has 0 radical (unpaired) electrons. The van der Waals surface area contributed by atoms with Crippen LogP contribution in [0.25, 0.3) is 0 Å². The zero-order valence-corrected chi connectivity index (χ0v) is 15.6. The molecule has 5 heteroatoms. The van der Waals surface area contributed by atoms with Gasteiger partial charge in [-0.15, -0.1) is 12.3 Å². The zero-order chi connectivity index (χ0) is 17.7. The summed E-state index contributed by atoms with van der Waals surface area (Å²) in [5.41, 5.74) is -0.332. The fraction of sp³-hybridized carbons (Fsp3) is 0.850. The van der Waals surface area contributed by atoms with Gasteiger partial charge in [-0.3, -0.25) is 4.79 Å². The van der Waals surface area contributed by atoms with Crippen LogP contribution in [0.2, 0.25) is 0 Å². The monoisotopic (exact) mass is 344 g/mol. The topological polar surface area (TPSA) is 48.3 Å². The van der Waals surface area contributed by atoms with Crippen molar-refractivity contribution in [3.05, 3.63) is 0 Å². The molecule has 3 heterocycles. The molecule has 3 rings (SSSR count). The summed E-state index contributed by atoms with van der Waals surface area (Å²) >= 11 is 0. The van der Waals surface area contributed by atoms with Crippen LogP contribution in [-0.2, 0) is 4.79 Å². The second-order valence-electron chi connectivity index (χ2n) is 8.22. The van der Waals surface area contributed by atoms with Crippen molar-refractivity contribution in [2.45, 2.75) is 64.0 Å². The minimum absolute atomic E-state index is 0.273. The molecule has 138 valence electrons. The molecular formula is C20H32N4O. The van der Waals surface area contributed by atoms with Gasteiger partial charge in [0.1, 0.15) is 0 Å². The molecule has 25 heavy (non-hydrogen) atoms. The van der Waals surface area contributed by atoms with E-state index in [2.05, 4.69) is 32.9 Å². The van der Waals surface area contributed by atoms with Gasteiger partial charge in [0.05, 0.1) is 0 Å². The molecule has 5 nitrogen and oxygen atoms in total. The van der Waals surface area contributed by atoms with Crippen LogP contribution in [0.3, 0.4) is 0 Å². The van der Waals surface area contributed by atoms with Gasteiger partial charge in [0, 0.05) is 45.3 Å². The van der Waals surface area contributed by atoms with Crippen molar-refractivity contribution >= 4 is 5.91 Å². The maximum Gasteiger partial charge on any atom is 0.222 e. The second kappa shape index (κ2) is 8.31. The Bertz CT molecular complexity index is 524. The highest BCUT2D eigenvalue weighted by Gasteiger charge is 2.40. The lowest BCUT2D eigenvalue weighted by atomic mass is 9.94. The molecule has 2 saturated heterocycles. The Labute approximate surface area is 152 Å². The molecule has 0 spiro atoms. The van der Waals surface area contributed by atoms with Gasteiger partial charge < -0.3 is 9.80 Å². The first-order valence-electron chi connectivity index (χ1n) is 9.98. The summed E-state index contributed by atoms with van der Waals surface area (Å²) in [6, 6.07) is 0. The number of amides is 1. The van der Waals surface area contributed by atoms with Gasteiger partial charge in [0.15, 0.2) is 5.66 Å². The van der Waals surface area contributed by atoms with Crippen LogP contribution in [0.1, 0.15) is 58.3 Å². The first-order chi connectivity index (χ1) is 12.1. The summed E-state index contributed by atoms with van der Waals surface area (Å²) < 4.78 is 0. The Morgan fingerprint density at radius 1 is 1.20 bits per heavy atom. The molecule has 1 amide bonds. The quantitative estimate of drug-likeness (QED) is 0.665. The van der Waals surface area contributed by atoms with Gasteiger partial charge >= 0.3 is 0 Å². The first kappa shape index (κ1) is 18.4. The van der Waals surface area contributed by atoms with E-state index in [0.29, 0.717) is 18.8 Å². The van der Waals surface area contributed by atoms with E-state index in [9.17, 15) is 4.79 Å². The summed E-state index contributed by atoms with van der Waals surface area (Å²) in [6.45, 7) is 7.81. The number of carbonyl (C=O) groups is 1. The van der Waals surface area contributed by atoms with E-state index in [1.165, 1.54) is 32.4 Å². The highest BCUT2D eigenvalue weighted by molar-refractivity contribution is 5.76. The predicted molar refractivity (Wildman–Crippen MR) is 99.0 cm³/mol. The molecule has 0 bridgehead atoms. The van der Waals surface area contributed by atoms with Crippen molar-refractivity contribution in [2.75, 3.05) is 32.7 Å². The minimum Gasteiger partial charge on any atom is -0.342 e. The van der Waals surface area contributed by atoms with E-state index < -0.39 is 0 Å². The first-order valence-corrected chi connectivity index (χ1v) is 9.98. The average Bonchev–Trinajstić information content (AvgIpc) is 3.40. The molecule has 1 atom stereocenters. The molecule has 1 unspecified atom stereocenters. The number of rotatable bonds is 7. The van der Waals surface area contributed by atoms with E-state index in [0.717, 1.165) is 44.8 Å². The Balaban J connectivity index is 1.40. The summed E-state index contributed by atoms with van der Waals surface area (Å²) in [7, 11) is 0. The van der Waals surface area contributed by atoms with Crippen molar-refractivity contribution < 1.29 is 4.79 Å². The molecule has 0 aromatic heterocycles. The van der Waals surface area contributed by atoms with Crippen LogP contribution < -0.4 is 0 Å². The van der Waals surface area contributed by atoms with Crippen LogP contribution in [0.4, 0.5) is 0 Å². The predicted octanol–water partition coefficient (Wildman–Crippen LogP) is 3.31. The minimum atomic E-state index is -0.332. The molecule has 3 aliphatic heterocycles. The van der Waals surface area contributed by atoms with Gasteiger partial charge in [-0.1, -0.05) is 6.92 Å². The Morgan fingerprint density at radius 3 is 2.64 bits per heavy atom. The molecular weight excluding hydrogens is 312 g/mol. The Hall–Kier alpha value is -1.41. The number of hydrogen-bond acceptors (Lipinski definition) is 4. The van der Waals surface area contributed by atoms with Crippen LogP contribution in [0, 0.1) is 24.2 Å². The molecule has 0 aliphatic carbocycles. The standard InChI is InChI=1S/C20H32N4O/c1-3-4-10-20(21-22-20)11-7-19(25)24-12-5-6-18(16-24)15-23-13-8-17(2)9-14-23/h1,17-18H,4-16H2,2H3. The van der Waals surface area contributed by atoms with Crippen LogP contribution in [0.15, 0.2) is 10.2 Å². The highest BCUT2D eigenvalue weighted by Crippen LogP contribution is 2.37. The van der Waals surface area contributed by atoms with Gasteiger partial charge in [0.25, 0.3) is 0 Å². The number of nitrogens with zero attached hydrogens (tertiary/aromatic N) is 4. The lowest BCUT2D eigenvalue weighted by molar-refractivity contribution is -0.133. The van der Waals surface area contributed by atoms with Crippen LogP contribution in [-0.4, -0.2) is 54.1 Å². The van der Waals surface area contributed by atoms with Gasteiger partial charge in [-0.25, -0.2) is 0 Å². The average molecular weight is 345 g/mol.